The van der Waals surface area contributed by atoms with Crippen molar-refractivity contribution in [2.45, 2.75) is 79.1 Å². The highest BCUT2D eigenvalue weighted by molar-refractivity contribution is 5.84. The molecule has 0 aromatic rings. The third-order valence-corrected chi connectivity index (χ3v) is 4.71. The largest absolute Gasteiger partial charge is 0.465 e. The van der Waals surface area contributed by atoms with Gasteiger partial charge < -0.3 is 4.74 Å². The average molecular weight is 308 g/mol. The zero-order chi connectivity index (χ0) is 16.6. The summed E-state index contributed by atoms with van der Waals surface area (Å²) in [7, 11) is 0. The van der Waals surface area contributed by atoms with Crippen molar-refractivity contribution in [1.29, 1.82) is 0 Å². The van der Waals surface area contributed by atoms with Crippen LogP contribution in [0.4, 0.5) is 0 Å². The molecule has 3 nitrogen and oxygen atoms in total. The molecule has 1 aliphatic heterocycles. The van der Waals surface area contributed by atoms with Gasteiger partial charge in [0.15, 0.2) is 0 Å². The second-order valence-electron chi connectivity index (χ2n) is 7.40. The maximum Gasteiger partial charge on any atom is 0.305 e. The maximum absolute atomic E-state index is 12.4. The van der Waals surface area contributed by atoms with Gasteiger partial charge in [0, 0.05) is 18.3 Å². The Bertz CT molecular complexity index is 407. The monoisotopic (exact) mass is 308 g/mol. The predicted molar refractivity (Wildman–Crippen MR) is 89.6 cm³/mol. The lowest BCUT2D eigenvalue weighted by atomic mass is 9.80. The summed E-state index contributed by atoms with van der Waals surface area (Å²) in [5, 5.41) is 0. The molecule has 3 heteroatoms. The van der Waals surface area contributed by atoms with Gasteiger partial charge in [-0.1, -0.05) is 38.8 Å². The normalized spacial score (nSPS) is 28.5. The Morgan fingerprint density at radius 1 is 1.14 bits per heavy atom. The van der Waals surface area contributed by atoms with Gasteiger partial charge in [-0.2, -0.15) is 0 Å². The van der Waals surface area contributed by atoms with Crippen LogP contribution in [0.5, 0.6) is 0 Å². The van der Waals surface area contributed by atoms with Crippen LogP contribution in [0, 0.1) is 11.3 Å². The summed E-state index contributed by atoms with van der Waals surface area (Å²) in [6.07, 6.45) is 8.89. The third-order valence-electron chi connectivity index (χ3n) is 4.71. The molecule has 0 saturated heterocycles. The van der Waals surface area contributed by atoms with Gasteiger partial charge in [0.2, 0.25) is 0 Å². The van der Waals surface area contributed by atoms with E-state index in [0.29, 0.717) is 31.8 Å². The first kappa shape index (κ1) is 18.9. The van der Waals surface area contributed by atoms with Crippen molar-refractivity contribution >= 4 is 11.8 Å². The van der Waals surface area contributed by atoms with Crippen LogP contribution in [0.2, 0.25) is 0 Å². The van der Waals surface area contributed by atoms with Crippen molar-refractivity contribution in [3.8, 4) is 0 Å². The first-order valence-electron chi connectivity index (χ1n) is 8.66. The molecule has 0 N–H and O–H groups in total. The Morgan fingerprint density at radius 3 is 2.59 bits per heavy atom. The highest BCUT2D eigenvalue weighted by atomic mass is 16.5. The number of ether oxygens (including phenoxy) is 1. The van der Waals surface area contributed by atoms with Gasteiger partial charge in [-0.05, 0) is 44.9 Å². The topological polar surface area (TPSA) is 43.4 Å². The molecular weight excluding hydrogens is 276 g/mol. The van der Waals surface area contributed by atoms with E-state index in [1.807, 2.05) is 13.8 Å². The lowest BCUT2D eigenvalue weighted by molar-refractivity contribution is -0.144. The van der Waals surface area contributed by atoms with Gasteiger partial charge in [0.25, 0.3) is 0 Å². The van der Waals surface area contributed by atoms with Crippen molar-refractivity contribution < 1.29 is 14.3 Å². The molecule has 0 saturated carbocycles. The van der Waals surface area contributed by atoms with Crippen molar-refractivity contribution in [2.75, 3.05) is 6.61 Å². The fourth-order valence-corrected chi connectivity index (χ4v) is 2.80. The third kappa shape index (κ3) is 7.24. The molecule has 1 unspecified atom stereocenters. The number of carbonyl (C=O) groups is 2. The number of rotatable bonds is 0. The quantitative estimate of drug-likeness (QED) is 0.475. The Balaban J connectivity index is 2.65. The lowest BCUT2D eigenvalue weighted by Crippen LogP contribution is -2.26. The second-order valence-corrected chi connectivity index (χ2v) is 7.40. The van der Waals surface area contributed by atoms with Crippen LogP contribution in [0.1, 0.15) is 79.1 Å². The fraction of sp³-hybridized carbons (Fsp3) is 0.789. The van der Waals surface area contributed by atoms with E-state index in [9.17, 15) is 9.59 Å². The number of esters is 1. The molecule has 0 spiro atoms. The van der Waals surface area contributed by atoms with Gasteiger partial charge >= 0.3 is 5.97 Å². The number of ketones is 1. The number of carbonyl (C=O) groups excluding carboxylic acids is 2. The predicted octanol–water partition coefficient (Wildman–Crippen LogP) is 4.84. The molecule has 1 aliphatic rings. The molecule has 0 aromatic heterocycles. The first-order valence-corrected chi connectivity index (χ1v) is 8.66. The van der Waals surface area contributed by atoms with Crippen LogP contribution in [0.3, 0.4) is 0 Å². The maximum atomic E-state index is 12.4. The Morgan fingerprint density at radius 2 is 1.86 bits per heavy atom. The van der Waals surface area contributed by atoms with Crippen molar-refractivity contribution in [2.24, 2.45) is 11.3 Å². The van der Waals surface area contributed by atoms with E-state index in [0.717, 1.165) is 19.3 Å². The second kappa shape index (κ2) is 9.12. The summed E-state index contributed by atoms with van der Waals surface area (Å²) in [4.78, 5) is 24.1. The van der Waals surface area contributed by atoms with Crippen molar-refractivity contribution in [3.05, 3.63) is 11.6 Å². The summed E-state index contributed by atoms with van der Waals surface area (Å²) in [5.74, 6) is 0.674. The number of allylic oxidation sites excluding steroid dienone is 1. The summed E-state index contributed by atoms with van der Waals surface area (Å²) in [5.41, 5.74) is 0.944. The Kier molecular flexibility index (Phi) is 7.84. The zero-order valence-electron chi connectivity index (χ0n) is 14.7. The zero-order valence-corrected chi connectivity index (χ0v) is 14.7. The average Bonchev–Trinajstić information content (AvgIpc) is 2.46. The molecule has 0 bridgehead atoms. The number of cyclic esters (lactones) is 1. The highest BCUT2D eigenvalue weighted by Crippen LogP contribution is 2.28. The van der Waals surface area contributed by atoms with E-state index < -0.39 is 5.41 Å². The summed E-state index contributed by atoms with van der Waals surface area (Å²) < 4.78 is 5.24. The fourth-order valence-electron chi connectivity index (χ4n) is 2.80. The van der Waals surface area contributed by atoms with E-state index in [-0.39, 0.29) is 11.8 Å². The molecule has 1 atom stereocenters. The van der Waals surface area contributed by atoms with Crippen LogP contribution in [-0.4, -0.2) is 18.4 Å². The number of hydrogen-bond acceptors (Lipinski definition) is 3. The lowest BCUT2D eigenvalue weighted by Gasteiger charge is -2.23. The summed E-state index contributed by atoms with van der Waals surface area (Å²) in [6, 6.07) is 0. The first-order chi connectivity index (χ1) is 10.3. The minimum absolute atomic E-state index is 0.188. The van der Waals surface area contributed by atoms with Crippen LogP contribution >= 0.6 is 0 Å². The van der Waals surface area contributed by atoms with Crippen LogP contribution in [0.15, 0.2) is 11.6 Å². The van der Waals surface area contributed by atoms with E-state index in [1.165, 1.54) is 18.4 Å². The molecule has 1 heterocycles. The SMILES string of the molecule is C/C1=C/CCOC(=O)CCC(C)(C)C(=O)CCC(C)CCC1. The number of hydrogen-bond donors (Lipinski definition) is 0. The smallest absolute Gasteiger partial charge is 0.305 e. The molecular formula is C19H32O3. The molecule has 126 valence electrons. The van der Waals surface area contributed by atoms with E-state index >= 15 is 0 Å². The highest BCUT2D eigenvalue weighted by Gasteiger charge is 2.28. The minimum atomic E-state index is -0.424. The molecule has 0 aromatic carbocycles. The molecule has 0 fully saturated rings. The molecule has 0 aliphatic carbocycles. The van der Waals surface area contributed by atoms with Crippen molar-refractivity contribution in [3.63, 3.8) is 0 Å². The van der Waals surface area contributed by atoms with Gasteiger partial charge in [-0.15, -0.1) is 0 Å². The Labute approximate surface area is 135 Å². The van der Waals surface area contributed by atoms with Crippen LogP contribution in [-0.2, 0) is 14.3 Å². The van der Waals surface area contributed by atoms with Crippen LogP contribution < -0.4 is 0 Å². The van der Waals surface area contributed by atoms with E-state index in [1.54, 1.807) is 0 Å². The van der Waals surface area contributed by atoms with Gasteiger partial charge in [-0.25, -0.2) is 0 Å². The van der Waals surface area contributed by atoms with Crippen LogP contribution in [0.25, 0.3) is 0 Å². The molecule has 1 rings (SSSR count). The van der Waals surface area contributed by atoms with E-state index in [2.05, 4.69) is 19.9 Å². The summed E-state index contributed by atoms with van der Waals surface area (Å²) in [6.45, 7) is 8.72. The van der Waals surface area contributed by atoms with Crippen molar-refractivity contribution in [1.82, 2.24) is 0 Å². The van der Waals surface area contributed by atoms with Gasteiger partial charge in [0.1, 0.15) is 5.78 Å². The molecule has 22 heavy (non-hydrogen) atoms. The standard InChI is InChI=1S/C19H32O3/c1-15-7-5-8-16(2)10-11-17(20)19(3,4)13-12-18(21)22-14-6-9-15/h9,16H,5-8,10-14H2,1-4H3/b15-9-. The summed E-state index contributed by atoms with van der Waals surface area (Å²) >= 11 is 0. The minimum Gasteiger partial charge on any atom is -0.465 e. The molecule has 0 radical (unpaired) electrons. The molecule has 0 amide bonds. The Hall–Kier alpha value is -1.12. The van der Waals surface area contributed by atoms with Gasteiger partial charge in [-0.3, -0.25) is 9.59 Å². The van der Waals surface area contributed by atoms with Gasteiger partial charge in [0.05, 0.1) is 6.61 Å². The number of Topliss-reactive ketones (excluding diaryl/α,β-unsaturated/α-hetero) is 1. The van der Waals surface area contributed by atoms with E-state index in [4.69, 9.17) is 4.74 Å².